The van der Waals surface area contributed by atoms with Crippen LogP contribution in [0.5, 0.6) is 0 Å². The molecule has 0 aromatic carbocycles. The van der Waals surface area contributed by atoms with E-state index >= 15 is 0 Å². The molecule has 0 N–H and O–H groups in total. The van der Waals surface area contributed by atoms with E-state index < -0.39 is 0 Å². The van der Waals surface area contributed by atoms with Crippen molar-refractivity contribution in [3.8, 4) is 12.1 Å². The van der Waals surface area contributed by atoms with Gasteiger partial charge in [0.2, 0.25) is 0 Å². The first kappa shape index (κ1) is 11.2. The van der Waals surface area contributed by atoms with Crippen molar-refractivity contribution in [1.29, 1.82) is 10.5 Å². The van der Waals surface area contributed by atoms with Crippen molar-refractivity contribution in [2.75, 3.05) is 13.7 Å². The Morgan fingerprint density at radius 1 is 1.40 bits per heavy atom. The summed E-state index contributed by atoms with van der Waals surface area (Å²) in [4.78, 5) is 3.85. The van der Waals surface area contributed by atoms with Crippen LogP contribution in [0, 0.1) is 22.7 Å². The monoisotopic (exact) mass is 204 g/mol. The second-order valence-corrected chi connectivity index (χ2v) is 3.06. The molecular weight excluding hydrogens is 192 g/mol. The maximum absolute atomic E-state index is 8.84. The van der Waals surface area contributed by atoms with Crippen LogP contribution >= 0.6 is 0 Å². The molecule has 15 heavy (non-hydrogen) atoms. The third-order valence-electron chi connectivity index (χ3n) is 2.05. The van der Waals surface area contributed by atoms with Gasteiger partial charge in [-0.15, -0.1) is 0 Å². The van der Waals surface area contributed by atoms with Crippen molar-refractivity contribution in [2.45, 2.75) is 19.4 Å². The SMILES string of the molecule is COCCCCn1cnc(C#N)c1C#N. The summed E-state index contributed by atoms with van der Waals surface area (Å²) in [5.74, 6) is 0. The maximum atomic E-state index is 8.84. The molecule has 0 aliphatic carbocycles. The molecule has 0 aliphatic rings. The van der Waals surface area contributed by atoms with E-state index in [0.29, 0.717) is 18.8 Å². The Morgan fingerprint density at radius 2 is 2.20 bits per heavy atom. The van der Waals surface area contributed by atoms with Crippen molar-refractivity contribution in [3.05, 3.63) is 17.7 Å². The van der Waals surface area contributed by atoms with Gasteiger partial charge in [0, 0.05) is 20.3 Å². The molecule has 0 aliphatic heterocycles. The van der Waals surface area contributed by atoms with Crippen molar-refractivity contribution in [2.24, 2.45) is 0 Å². The molecule has 1 heterocycles. The highest BCUT2D eigenvalue weighted by Crippen LogP contribution is 2.06. The summed E-state index contributed by atoms with van der Waals surface area (Å²) in [5.41, 5.74) is 0.541. The third-order valence-corrected chi connectivity index (χ3v) is 2.05. The highest BCUT2D eigenvalue weighted by Gasteiger charge is 2.08. The van der Waals surface area contributed by atoms with Crippen LogP contribution < -0.4 is 0 Å². The summed E-state index contributed by atoms with van der Waals surface area (Å²) in [6.45, 7) is 1.41. The van der Waals surface area contributed by atoms with Gasteiger partial charge in [-0.05, 0) is 12.8 Å². The maximum Gasteiger partial charge on any atom is 0.176 e. The Labute approximate surface area is 88.5 Å². The van der Waals surface area contributed by atoms with Crippen LogP contribution in [0.15, 0.2) is 6.33 Å². The molecule has 1 rings (SSSR count). The molecular formula is C10H12N4O. The minimum absolute atomic E-state index is 0.198. The number of hydrogen-bond acceptors (Lipinski definition) is 4. The lowest BCUT2D eigenvalue weighted by molar-refractivity contribution is 0.191. The fourth-order valence-electron chi connectivity index (χ4n) is 1.28. The fourth-order valence-corrected chi connectivity index (χ4v) is 1.28. The molecule has 1 aromatic rings. The number of aryl methyl sites for hydroxylation is 1. The Hall–Kier alpha value is -1.85. The van der Waals surface area contributed by atoms with E-state index in [4.69, 9.17) is 15.3 Å². The van der Waals surface area contributed by atoms with Crippen LogP contribution in [0.2, 0.25) is 0 Å². The average Bonchev–Trinajstić information content (AvgIpc) is 2.66. The van der Waals surface area contributed by atoms with Gasteiger partial charge in [0.25, 0.3) is 0 Å². The number of aromatic nitrogens is 2. The molecule has 0 saturated heterocycles. The molecule has 0 unspecified atom stereocenters. The van der Waals surface area contributed by atoms with Crippen LogP contribution in [0.3, 0.4) is 0 Å². The van der Waals surface area contributed by atoms with Gasteiger partial charge in [-0.25, -0.2) is 4.98 Å². The number of hydrogen-bond donors (Lipinski definition) is 0. The van der Waals surface area contributed by atoms with Crippen LogP contribution in [0.4, 0.5) is 0 Å². The zero-order valence-electron chi connectivity index (χ0n) is 8.60. The average molecular weight is 204 g/mol. The number of unbranched alkanes of at least 4 members (excludes halogenated alkanes) is 1. The topological polar surface area (TPSA) is 74.6 Å². The molecule has 0 radical (unpaired) electrons. The van der Waals surface area contributed by atoms with Gasteiger partial charge in [0.1, 0.15) is 12.1 Å². The molecule has 1 aromatic heterocycles. The molecule has 0 spiro atoms. The molecule has 5 nitrogen and oxygen atoms in total. The summed E-state index contributed by atoms with van der Waals surface area (Å²) in [6.07, 6.45) is 3.37. The van der Waals surface area contributed by atoms with E-state index in [1.54, 1.807) is 11.7 Å². The molecule has 0 atom stereocenters. The van der Waals surface area contributed by atoms with Crippen LogP contribution in [-0.4, -0.2) is 23.3 Å². The quantitative estimate of drug-likeness (QED) is 0.672. The van der Waals surface area contributed by atoms with Gasteiger partial charge in [-0.3, -0.25) is 0 Å². The van der Waals surface area contributed by atoms with Gasteiger partial charge in [-0.2, -0.15) is 10.5 Å². The molecule has 0 saturated carbocycles. The summed E-state index contributed by atoms with van der Waals surface area (Å²) < 4.78 is 6.62. The molecule has 0 bridgehead atoms. The van der Waals surface area contributed by atoms with Crippen molar-refractivity contribution in [1.82, 2.24) is 9.55 Å². The van der Waals surface area contributed by atoms with Crippen LogP contribution in [0.1, 0.15) is 24.2 Å². The third kappa shape index (κ3) is 2.80. The number of imidazole rings is 1. The first-order chi connectivity index (χ1) is 7.33. The van der Waals surface area contributed by atoms with Crippen molar-refractivity contribution >= 4 is 0 Å². The van der Waals surface area contributed by atoms with Gasteiger partial charge in [0.15, 0.2) is 11.4 Å². The van der Waals surface area contributed by atoms with Crippen molar-refractivity contribution in [3.63, 3.8) is 0 Å². The lowest BCUT2D eigenvalue weighted by Crippen LogP contribution is -2.01. The molecule has 0 amide bonds. The Bertz CT molecular complexity index is 397. The van der Waals surface area contributed by atoms with Gasteiger partial charge in [-0.1, -0.05) is 0 Å². The first-order valence-electron chi connectivity index (χ1n) is 4.67. The summed E-state index contributed by atoms with van der Waals surface area (Å²) in [5, 5.41) is 17.5. The normalized spacial score (nSPS) is 9.53. The van der Waals surface area contributed by atoms with Gasteiger partial charge in [0.05, 0.1) is 6.33 Å². The highest BCUT2D eigenvalue weighted by molar-refractivity contribution is 5.35. The Morgan fingerprint density at radius 3 is 2.80 bits per heavy atom. The zero-order chi connectivity index (χ0) is 11.1. The Balaban J connectivity index is 2.59. The number of methoxy groups -OCH3 is 1. The minimum atomic E-state index is 0.198. The standard InChI is InChI=1S/C10H12N4O/c1-15-5-3-2-4-14-8-13-9(6-11)10(14)7-12/h8H,2-5H2,1H3. The lowest BCUT2D eigenvalue weighted by Gasteiger charge is -2.02. The predicted octanol–water partition coefficient (Wildman–Crippen LogP) is 1.05. The van der Waals surface area contributed by atoms with Gasteiger partial charge >= 0.3 is 0 Å². The van der Waals surface area contributed by atoms with Crippen LogP contribution in [-0.2, 0) is 11.3 Å². The second kappa shape index (κ2) is 5.79. The zero-order valence-corrected chi connectivity index (χ0v) is 8.60. The fraction of sp³-hybridized carbons (Fsp3) is 0.500. The van der Waals surface area contributed by atoms with E-state index in [2.05, 4.69) is 4.98 Å². The smallest absolute Gasteiger partial charge is 0.176 e. The second-order valence-electron chi connectivity index (χ2n) is 3.06. The van der Waals surface area contributed by atoms with E-state index in [0.717, 1.165) is 12.8 Å². The van der Waals surface area contributed by atoms with E-state index in [-0.39, 0.29) is 5.69 Å². The molecule has 78 valence electrons. The number of ether oxygens (including phenoxy) is 1. The highest BCUT2D eigenvalue weighted by atomic mass is 16.5. The van der Waals surface area contributed by atoms with E-state index in [1.807, 2.05) is 12.1 Å². The largest absolute Gasteiger partial charge is 0.385 e. The number of nitriles is 2. The predicted molar refractivity (Wildman–Crippen MR) is 52.8 cm³/mol. The minimum Gasteiger partial charge on any atom is -0.385 e. The van der Waals surface area contributed by atoms with Crippen molar-refractivity contribution < 1.29 is 4.74 Å². The molecule has 5 heteroatoms. The number of nitrogens with zero attached hydrogens (tertiary/aromatic N) is 4. The Kier molecular flexibility index (Phi) is 4.33. The first-order valence-corrected chi connectivity index (χ1v) is 4.67. The van der Waals surface area contributed by atoms with E-state index in [9.17, 15) is 0 Å². The lowest BCUT2D eigenvalue weighted by atomic mass is 10.3. The van der Waals surface area contributed by atoms with Crippen LogP contribution in [0.25, 0.3) is 0 Å². The van der Waals surface area contributed by atoms with E-state index in [1.165, 1.54) is 6.33 Å². The number of rotatable bonds is 5. The summed E-state index contributed by atoms with van der Waals surface area (Å²) in [7, 11) is 1.66. The molecule has 0 fully saturated rings. The summed E-state index contributed by atoms with van der Waals surface area (Å²) >= 11 is 0. The summed E-state index contributed by atoms with van der Waals surface area (Å²) in [6, 6.07) is 3.87. The van der Waals surface area contributed by atoms with Gasteiger partial charge < -0.3 is 9.30 Å².